The average Bonchev–Trinajstić information content (AvgIpc) is 3.07. The van der Waals surface area contributed by atoms with Crippen molar-refractivity contribution in [3.63, 3.8) is 0 Å². The summed E-state index contributed by atoms with van der Waals surface area (Å²) in [5.74, 6) is 0.592. The van der Waals surface area contributed by atoms with Crippen LogP contribution in [0.5, 0.6) is 0 Å². The first-order valence-corrected chi connectivity index (χ1v) is 9.72. The van der Waals surface area contributed by atoms with Crippen LogP contribution in [-0.4, -0.2) is 31.5 Å². The molecule has 5 nitrogen and oxygen atoms in total. The van der Waals surface area contributed by atoms with Gasteiger partial charge < -0.3 is 10.2 Å². The maximum absolute atomic E-state index is 6.02. The van der Waals surface area contributed by atoms with Crippen LogP contribution in [0.4, 0.5) is 0 Å². The molecule has 2 N–H and O–H groups in total. The van der Waals surface area contributed by atoms with Crippen LogP contribution in [0.15, 0.2) is 59.9 Å². The molecular weight excluding hydrogens is 338 g/mol. The van der Waals surface area contributed by atoms with Gasteiger partial charge >= 0.3 is 0 Å². The zero-order chi connectivity index (χ0) is 19.5. The third kappa shape index (κ3) is 6.85. The summed E-state index contributed by atoms with van der Waals surface area (Å²) in [5, 5.41) is 7.44. The van der Waals surface area contributed by atoms with E-state index in [2.05, 4.69) is 60.6 Å². The Bertz CT molecular complexity index is 642. The lowest BCUT2D eigenvalue weighted by Gasteiger charge is -2.29. The van der Waals surface area contributed by atoms with E-state index in [0.29, 0.717) is 19.1 Å². The Morgan fingerprint density at radius 1 is 1.41 bits per heavy atom. The van der Waals surface area contributed by atoms with Crippen molar-refractivity contribution in [2.24, 2.45) is 11.1 Å². The van der Waals surface area contributed by atoms with Gasteiger partial charge in [-0.25, -0.2) is 0 Å². The third-order valence-corrected chi connectivity index (χ3v) is 4.93. The van der Waals surface area contributed by atoms with Crippen LogP contribution in [-0.2, 0) is 16.1 Å². The molecule has 148 valence electrons. The van der Waals surface area contributed by atoms with Gasteiger partial charge in [0.05, 0.1) is 12.3 Å². The Morgan fingerprint density at radius 3 is 2.85 bits per heavy atom. The first-order chi connectivity index (χ1) is 13.1. The lowest BCUT2D eigenvalue weighted by atomic mass is 9.82. The van der Waals surface area contributed by atoms with Gasteiger partial charge in [-0.3, -0.25) is 4.84 Å². The molecule has 2 atom stereocenters. The quantitative estimate of drug-likeness (QED) is 0.331. The Morgan fingerprint density at radius 2 is 2.19 bits per heavy atom. The Labute approximate surface area is 163 Å². The number of benzene rings is 1. The van der Waals surface area contributed by atoms with E-state index < -0.39 is 0 Å². The Balaban J connectivity index is 1.90. The second-order valence-corrected chi connectivity index (χ2v) is 7.28. The highest BCUT2D eigenvalue weighted by Gasteiger charge is 2.40. The first-order valence-electron chi connectivity index (χ1n) is 9.72. The van der Waals surface area contributed by atoms with E-state index in [1.807, 2.05) is 19.2 Å². The van der Waals surface area contributed by atoms with Crippen molar-refractivity contribution in [1.82, 2.24) is 10.8 Å². The fourth-order valence-electron chi connectivity index (χ4n) is 3.33. The van der Waals surface area contributed by atoms with Crippen molar-refractivity contribution in [2.75, 3.05) is 20.2 Å². The van der Waals surface area contributed by atoms with Crippen molar-refractivity contribution < 1.29 is 9.68 Å². The molecule has 1 aliphatic rings. The molecule has 2 rings (SSSR count). The van der Waals surface area contributed by atoms with Crippen LogP contribution in [0, 0.1) is 5.92 Å². The van der Waals surface area contributed by atoms with Crippen molar-refractivity contribution in [3.05, 3.63) is 60.3 Å². The van der Waals surface area contributed by atoms with E-state index in [4.69, 9.17) is 9.68 Å². The molecule has 5 heteroatoms. The number of hydrogen-bond acceptors (Lipinski definition) is 5. The summed E-state index contributed by atoms with van der Waals surface area (Å²) < 4.78 is 0. The predicted molar refractivity (Wildman–Crippen MR) is 111 cm³/mol. The minimum atomic E-state index is -0.257. The fourth-order valence-corrected chi connectivity index (χ4v) is 3.33. The summed E-state index contributed by atoms with van der Waals surface area (Å²) >= 11 is 0. The zero-order valence-electron chi connectivity index (χ0n) is 16.8. The molecule has 0 aromatic heterocycles. The SMILES string of the molecule is C=C/C=C(/CONCC1=NOC(Cc2ccccc2)(CC(C)CC)C1)NC. The second-order valence-electron chi connectivity index (χ2n) is 7.28. The molecular formula is C22H33N3O2. The highest BCUT2D eigenvalue weighted by atomic mass is 16.7. The van der Waals surface area contributed by atoms with E-state index in [9.17, 15) is 0 Å². The molecule has 2 unspecified atom stereocenters. The van der Waals surface area contributed by atoms with E-state index in [1.54, 1.807) is 6.08 Å². The molecule has 0 saturated carbocycles. The van der Waals surface area contributed by atoms with Crippen LogP contribution in [0.2, 0.25) is 0 Å². The van der Waals surface area contributed by atoms with Crippen LogP contribution in [0.3, 0.4) is 0 Å². The van der Waals surface area contributed by atoms with Crippen LogP contribution in [0.1, 0.15) is 38.7 Å². The number of nitrogens with one attached hydrogen (secondary N) is 2. The van der Waals surface area contributed by atoms with Gasteiger partial charge in [-0.1, -0.05) is 68.4 Å². The zero-order valence-corrected chi connectivity index (χ0v) is 16.8. The van der Waals surface area contributed by atoms with E-state index in [1.165, 1.54) is 5.56 Å². The topological polar surface area (TPSA) is 54.9 Å². The summed E-state index contributed by atoms with van der Waals surface area (Å²) in [7, 11) is 1.86. The molecule has 0 spiro atoms. The smallest absolute Gasteiger partial charge is 0.147 e. The summed E-state index contributed by atoms with van der Waals surface area (Å²) in [6.45, 7) is 9.20. The Kier molecular flexibility index (Phi) is 8.55. The lowest BCUT2D eigenvalue weighted by Crippen LogP contribution is -2.35. The van der Waals surface area contributed by atoms with Crippen LogP contribution in [0.25, 0.3) is 0 Å². The molecule has 1 aliphatic heterocycles. The Hall–Kier alpha value is -2.11. The first kappa shape index (κ1) is 21.2. The van der Waals surface area contributed by atoms with Gasteiger partial charge in [-0.05, 0) is 24.0 Å². The van der Waals surface area contributed by atoms with Crippen LogP contribution >= 0.6 is 0 Å². The van der Waals surface area contributed by atoms with Gasteiger partial charge in [-0.15, -0.1) is 0 Å². The van der Waals surface area contributed by atoms with Gasteiger partial charge in [0.1, 0.15) is 12.2 Å². The molecule has 1 aromatic rings. The number of hydroxylamine groups is 1. The highest BCUT2D eigenvalue weighted by Crippen LogP contribution is 2.35. The van der Waals surface area contributed by atoms with Gasteiger partial charge in [0.2, 0.25) is 0 Å². The largest absolute Gasteiger partial charge is 0.389 e. The van der Waals surface area contributed by atoms with E-state index in [0.717, 1.165) is 37.1 Å². The predicted octanol–water partition coefficient (Wildman–Crippen LogP) is 3.99. The normalized spacial score (nSPS) is 20.7. The number of hydrogen-bond donors (Lipinski definition) is 2. The summed E-state index contributed by atoms with van der Waals surface area (Å²) in [4.78, 5) is 11.5. The molecule has 0 radical (unpaired) electrons. The highest BCUT2D eigenvalue weighted by molar-refractivity contribution is 5.87. The monoisotopic (exact) mass is 371 g/mol. The van der Waals surface area contributed by atoms with Gasteiger partial charge in [0.25, 0.3) is 0 Å². The summed E-state index contributed by atoms with van der Waals surface area (Å²) in [5.41, 5.74) is 5.97. The number of nitrogens with zero attached hydrogens (tertiary/aromatic N) is 1. The van der Waals surface area contributed by atoms with Crippen molar-refractivity contribution in [1.29, 1.82) is 0 Å². The van der Waals surface area contributed by atoms with E-state index >= 15 is 0 Å². The number of allylic oxidation sites excluding steroid dienone is 2. The van der Waals surface area contributed by atoms with Crippen LogP contribution < -0.4 is 10.8 Å². The molecule has 1 heterocycles. The average molecular weight is 372 g/mol. The molecule has 0 fully saturated rings. The molecule has 0 saturated heterocycles. The third-order valence-electron chi connectivity index (χ3n) is 4.93. The minimum absolute atomic E-state index is 0.257. The maximum atomic E-state index is 6.02. The standard InChI is InChI=1S/C22H33N3O2/c1-5-10-20(23-4)17-26-24-16-21-15-22(27-25-21,13-18(3)6-2)14-19-11-8-7-9-12-19/h5,7-12,18,23-24H,1,6,13-17H2,2-4H3/b20-10-. The number of oxime groups is 1. The van der Waals surface area contributed by atoms with Crippen molar-refractivity contribution in [2.45, 2.75) is 45.1 Å². The van der Waals surface area contributed by atoms with Gasteiger partial charge in [-0.2, -0.15) is 5.48 Å². The molecule has 0 aliphatic carbocycles. The fraction of sp³-hybridized carbons (Fsp3) is 0.500. The van der Waals surface area contributed by atoms with Gasteiger partial charge in [0.15, 0.2) is 0 Å². The second kappa shape index (κ2) is 10.9. The summed E-state index contributed by atoms with van der Waals surface area (Å²) in [6, 6.07) is 10.5. The number of likely N-dealkylation sites (N-methyl/N-ethyl adjacent to an activating group) is 1. The molecule has 27 heavy (non-hydrogen) atoms. The van der Waals surface area contributed by atoms with Crippen molar-refractivity contribution in [3.8, 4) is 0 Å². The summed E-state index contributed by atoms with van der Waals surface area (Å²) in [6.07, 6.45) is 7.45. The molecule has 0 amide bonds. The van der Waals surface area contributed by atoms with Gasteiger partial charge in [0, 0.05) is 25.6 Å². The number of rotatable bonds is 12. The maximum Gasteiger partial charge on any atom is 0.147 e. The van der Waals surface area contributed by atoms with Crippen molar-refractivity contribution >= 4 is 5.71 Å². The lowest BCUT2D eigenvalue weighted by molar-refractivity contribution is -0.0349. The molecule has 0 bridgehead atoms. The molecule has 1 aromatic carbocycles. The van der Waals surface area contributed by atoms with E-state index in [-0.39, 0.29) is 5.60 Å². The minimum Gasteiger partial charge on any atom is -0.389 e.